The molecule has 0 aliphatic carbocycles. The van der Waals surface area contributed by atoms with Gasteiger partial charge in [0.1, 0.15) is 11.5 Å². The molecule has 0 spiro atoms. The third kappa shape index (κ3) is 5.46. The zero-order chi connectivity index (χ0) is 30.0. The molecule has 0 amide bonds. The molecule has 0 unspecified atom stereocenters. The van der Waals surface area contributed by atoms with Crippen LogP contribution in [0, 0.1) is 10.1 Å². The second-order valence-electron chi connectivity index (χ2n) is 8.87. The summed E-state index contributed by atoms with van der Waals surface area (Å²) >= 11 is 7.04. The van der Waals surface area contributed by atoms with Gasteiger partial charge in [0.15, 0.2) is 16.3 Å². The summed E-state index contributed by atoms with van der Waals surface area (Å²) in [4.78, 5) is 42.3. The van der Waals surface area contributed by atoms with E-state index in [-0.39, 0.29) is 32.1 Å². The van der Waals surface area contributed by atoms with Crippen LogP contribution in [0.2, 0.25) is 5.02 Å². The highest BCUT2D eigenvalue weighted by Gasteiger charge is 2.31. The van der Waals surface area contributed by atoms with Gasteiger partial charge >= 0.3 is 5.97 Å². The summed E-state index contributed by atoms with van der Waals surface area (Å²) in [6.07, 6.45) is 2.92. The van der Waals surface area contributed by atoms with Crippen molar-refractivity contribution in [1.82, 2.24) is 4.57 Å². The number of furan rings is 1. The molecule has 4 aromatic rings. The van der Waals surface area contributed by atoms with Crippen molar-refractivity contribution in [2.24, 2.45) is 4.99 Å². The zero-order valence-corrected chi connectivity index (χ0v) is 24.2. The Labute approximate surface area is 247 Å². The van der Waals surface area contributed by atoms with E-state index in [1.54, 1.807) is 30.3 Å². The van der Waals surface area contributed by atoms with Gasteiger partial charge in [-0.3, -0.25) is 19.5 Å². The van der Waals surface area contributed by atoms with E-state index in [4.69, 9.17) is 30.2 Å². The summed E-state index contributed by atoms with van der Waals surface area (Å²) in [5, 5.41) is 11.8. The molecule has 5 rings (SSSR count). The van der Waals surface area contributed by atoms with Gasteiger partial charge in [-0.2, -0.15) is 0 Å². The molecule has 0 radical (unpaired) electrons. The first-order valence-electron chi connectivity index (χ1n) is 12.8. The number of methoxy groups -OCH3 is 1. The predicted molar refractivity (Wildman–Crippen MR) is 156 cm³/mol. The quantitative estimate of drug-likeness (QED) is 0.152. The van der Waals surface area contributed by atoms with Crippen LogP contribution in [0.1, 0.15) is 31.2 Å². The van der Waals surface area contributed by atoms with Crippen LogP contribution in [0.5, 0.6) is 11.5 Å². The Balaban J connectivity index is 1.61. The molecule has 2 aromatic heterocycles. The number of carbonyl (C=O) groups excluding carboxylic acids is 1. The Morgan fingerprint density at radius 3 is 2.62 bits per heavy atom. The number of nitro groups is 1. The molecular formula is C29H24ClN3O8S. The summed E-state index contributed by atoms with van der Waals surface area (Å²) in [6, 6.07) is 11.8. The van der Waals surface area contributed by atoms with Crippen LogP contribution >= 0.6 is 22.9 Å². The van der Waals surface area contributed by atoms with E-state index in [1.165, 1.54) is 42.2 Å². The number of fused-ring (bicyclic) bond motifs is 1. The molecule has 3 heterocycles. The smallest absolute Gasteiger partial charge is 0.337 e. The first-order chi connectivity index (χ1) is 20.2. The fraction of sp³-hybridized carbons (Fsp3) is 0.207. The number of benzene rings is 2. The van der Waals surface area contributed by atoms with Gasteiger partial charge in [-0.15, -0.1) is 0 Å². The zero-order valence-electron chi connectivity index (χ0n) is 22.7. The lowest BCUT2D eigenvalue weighted by atomic mass is 9.97. The van der Waals surface area contributed by atoms with Gasteiger partial charge in [0.05, 0.1) is 47.0 Å². The Hall–Kier alpha value is -4.68. The van der Waals surface area contributed by atoms with Gasteiger partial charge < -0.3 is 18.6 Å². The highest BCUT2D eigenvalue weighted by atomic mass is 35.5. The van der Waals surface area contributed by atoms with Crippen LogP contribution in [0.3, 0.4) is 0 Å². The van der Waals surface area contributed by atoms with E-state index >= 15 is 0 Å². The van der Waals surface area contributed by atoms with Crippen molar-refractivity contribution in [3.63, 3.8) is 0 Å². The minimum Gasteiger partial charge on any atom is -0.490 e. The molecule has 11 nitrogen and oxygen atoms in total. The molecule has 42 heavy (non-hydrogen) atoms. The average Bonchev–Trinajstić information content (AvgIpc) is 3.57. The Bertz CT molecular complexity index is 1910. The number of hydrogen-bond donors (Lipinski definition) is 0. The van der Waals surface area contributed by atoms with Gasteiger partial charge in [0, 0.05) is 23.4 Å². The van der Waals surface area contributed by atoms with E-state index < -0.39 is 22.5 Å². The fourth-order valence-corrected chi connectivity index (χ4v) is 5.67. The minimum atomic E-state index is -0.852. The first kappa shape index (κ1) is 28.8. The Morgan fingerprint density at radius 1 is 1.14 bits per heavy atom. The first-order valence-corrected chi connectivity index (χ1v) is 14.0. The van der Waals surface area contributed by atoms with Crippen molar-refractivity contribution in [1.29, 1.82) is 0 Å². The lowest BCUT2D eigenvalue weighted by molar-refractivity contribution is -0.384. The number of thiazole rings is 1. The summed E-state index contributed by atoms with van der Waals surface area (Å²) < 4.78 is 24.0. The molecule has 0 fully saturated rings. The van der Waals surface area contributed by atoms with Crippen molar-refractivity contribution in [3.05, 3.63) is 106 Å². The minimum absolute atomic E-state index is 0.165. The molecule has 0 bridgehead atoms. The second-order valence-corrected chi connectivity index (χ2v) is 10.3. The standard InChI is InChI=1S/C29H24ClN3O8S/c1-4-39-23-10-6-16(12-24(23)40-5-2)26-20(28(35)38-3)15-31-29-32(26)27(34)25(42-29)14-18-8-11-22(41-18)19-9-7-17(30)13-21(19)33(36)37/h6-15,26H,4-5H2,1-3H3/b25-14+/t26-/m1/s1. The molecule has 13 heteroatoms. The molecule has 0 saturated heterocycles. The molecule has 1 aliphatic heterocycles. The van der Waals surface area contributed by atoms with Crippen LogP contribution in [0.4, 0.5) is 5.69 Å². The number of aromatic nitrogens is 1. The van der Waals surface area contributed by atoms with Crippen LogP contribution in [0.15, 0.2) is 74.5 Å². The maximum absolute atomic E-state index is 13.8. The predicted octanol–water partition coefficient (Wildman–Crippen LogP) is 4.64. The van der Waals surface area contributed by atoms with Crippen LogP contribution in [-0.2, 0) is 9.53 Å². The topological polar surface area (TPSA) is 135 Å². The third-order valence-electron chi connectivity index (χ3n) is 6.33. The normalized spacial score (nSPS) is 14.5. The molecule has 2 aromatic carbocycles. The number of nitro benzene ring substituents is 1. The summed E-state index contributed by atoms with van der Waals surface area (Å²) in [5.41, 5.74) is 0.379. The lowest BCUT2D eigenvalue weighted by Gasteiger charge is -2.23. The maximum atomic E-state index is 13.8. The largest absolute Gasteiger partial charge is 0.490 e. The molecule has 0 saturated carbocycles. The van der Waals surface area contributed by atoms with E-state index in [0.29, 0.717) is 40.8 Å². The van der Waals surface area contributed by atoms with Crippen molar-refractivity contribution in [2.75, 3.05) is 20.3 Å². The average molecular weight is 610 g/mol. The SMILES string of the molecule is CCOc1ccc([C@@H]2C(C(=O)OC)=CN=c3s/c(=C/c4ccc(-c5ccc(Cl)cc5[N+](=O)[O-])o4)c(=O)n32)cc1OCC. The molecule has 216 valence electrons. The van der Waals surface area contributed by atoms with E-state index in [2.05, 4.69) is 4.99 Å². The van der Waals surface area contributed by atoms with E-state index in [0.717, 1.165) is 11.3 Å². The summed E-state index contributed by atoms with van der Waals surface area (Å²) in [5.74, 6) is 0.905. The number of ether oxygens (including phenoxy) is 3. The third-order valence-corrected chi connectivity index (χ3v) is 7.56. The Morgan fingerprint density at radius 2 is 1.90 bits per heavy atom. The maximum Gasteiger partial charge on any atom is 0.337 e. The number of rotatable bonds is 9. The van der Waals surface area contributed by atoms with Gasteiger partial charge in [0.2, 0.25) is 0 Å². The van der Waals surface area contributed by atoms with E-state index in [1.807, 2.05) is 13.8 Å². The molecule has 0 N–H and O–H groups in total. The molecule has 1 atom stereocenters. The number of nitrogens with zero attached hydrogens (tertiary/aromatic N) is 3. The van der Waals surface area contributed by atoms with Gasteiger partial charge in [0.25, 0.3) is 11.2 Å². The van der Waals surface area contributed by atoms with Crippen molar-refractivity contribution >= 4 is 40.7 Å². The van der Waals surface area contributed by atoms with Crippen molar-refractivity contribution in [2.45, 2.75) is 19.9 Å². The lowest BCUT2D eigenvalue weighted by Crippen LogP contribution is -2.39. The number of esters is 1. The number of hydrogen-bond acceptors (Lipinski definition) is 10. The Kier molecular flexibility index (Phi) is 8.27. The molecular weight excluding hydrogens is 586 g/mol. The molecule has 1 aliphatic rings. The highest BCUT2D eigenvalue weighted by molar-refractivity contribution is 7.07. The summed E-state index contributed by atoms with van der Waals surface area (Å²) in [7, 11) is 1.26. The highest BCUT2D eigenvalue weighted by Crippen LogP contribution is 2.36. The van der Waals surface area contributed by atoms with Crippen LogP contribution in [-0.4, -0.2) is 35.8 Å². The second kappa shape index (κ2) is 12.0. The number of halogens is 1. The van der Waals surface area contributed by atoms with Gasteiger partial charge in [-0.25, -0.2) is 9.79 Å². The van der Waals surface area contributed by atoms with Crippen LogP contribution in [0.25, 0.3) is 17.4 Å². The van der Waals surface area contributed by atoms with E-state index in [9.17, 15) is 19.7 Å². The van der Waals surface area contributed by atoms with Gasteiger partial charge in [-0.05, 0) is 55.8 Å². The van der Waals surface area contributed by atoms with Gasteiger partial charge in [-0.1, -0.05) is 29.0 Å². The summed E-state index contributed by atoms with van der Waals surface area (Å²) in [6.45, 7) is 4.52. The van der Waals surface area contributed by atoms with Crippen molar-refractivity contribution < 1.29 is 28.3 Å². The fourth-order valence-electron chi connectivity index (χ4n) is 4.56. The number of carbonyl (C=O) groups is 1. The van der Waals surface area contributed by atoms with Crippen LogP contribution < -0.4 is 24.4 Å². The monoisotopic (exact) mass is 609 g/mol. The van der Waals surface area contributed by atoms with Crippen molar-refractivity contribution in [3.8, 4) is 22.8 Å².